The number of carboxylic acids is 1. The lowest BCUT2D eigenvalue weighted by Crippen LogP contribution is -2.52. The van der Waals surface area contributed by atoms with Gasteiger partial charge in [-0.2, -0.15) is 0 Å². The average molecular weight is 649 g/mol. The Kier molecular flexibility index (Phi) is 10.7. The molecule has 0 bridgehead atoms. The summed E-state index contributed by atoms with van der Waals surface area (Å²) in [5.74, 6) is -0.179. The van der Waals surface area contributed by atoms with Gasteiger partial charge < -0.3 is 15.3 Å². The van der Waals surface area contributed by atoms with Crippen LogP contribution in [0.15, 0.2) is 62.6 Å². The minimum atomic E-state index is -1.07. The van der Waals surface area contributed by atoms with Crippen molar-refractivity contribution in [2.75, 3.05) is 31.6 Å². The van der Waals surface area contributed by atoms with Gasteiger partial charge >= 0.3 is 5.97 Å². The highest BCUT2D eigenvalue weighted by Crippen LogP contribution is 2.39. The number of allylic oxidation sites excluding steroid dienone is 2. The first-order valence-electron chi connectivity index (χ1n) is 15.0. The minimum absolute atomic E-state index is 0.00490. The number of hydrogen-bond acceptors (Lipinski definition) is 8. The van der Waals surface area contributed by atoms with E-state index in [9.17, 15) is 14.7 Å². The van der Waals surface area contributed by atoms with Crippen molar-refractivity contribution >= 4 is 62.7 Å². The third-order valence-corrected chi connectivity index (χ3v) is 9.16. The van der Waals surface area contributed by atoms with Crippen molar-refractivity contribution in [3.8, 4) is 0 Å². The van der Waals surface area contributed by atoms with Crippen LogP contribution in [-0.4, -0.2) is 64.3 Å². The number of rotatable bonds is 10. The third-order valence-electron chi connectivity index (χ3n) is 7.80. The Morgan fingerprint density at radius 2 is 1.87 bits per heavy atom. The second-order valence-electron chi connectivity index (χ2n) is 12.2. The topological polar surface area (TPSA) is 121 Å². The van der Waals surface area contributed by atoms with E-state index >= 15 is 0 Å². The summed E-state index contributed by atoms with van der Waals surface area (Å²) in [5, 5.41) is 14.5. The van der Waals surface area contributed by atoms with Crippen LogP contribution in [0.5, 0.6) is 0 Å². The van der Waals surface area contributed by atoms with Gasteiger partial charge in [0.2, 0.25) is 0 Å². The Bertz CT molecular complexity index is 1720. The van der Waals surface area contributed by atoms with Gasteiger partial charge in [-0.15, -0.1) is 0 Å². The molecule has 2 N–H and O–H groups in total. The molecule has 2 aromatic heterocycles. The van der Waals surface area contributed by atoms with E-state index in [1.165, 1.54) is 17.8 Å². The number of nitrogens with one attached hydrogen (secondary N) is 1. The van der Waals surface area contributed by atoms with Gasteiger partial charge in [0.15, 0.2) is 5.16 Å². The maximum absolute atomic E-state index is 13.1. The van der Waals surface area contributed by atoms with Gasteiger partial charge in [-0.1, -0.05) is 63.1 Å². The molecule has 0 saturated carbocycles. The van der Waals surface area contributed by atoms with Gasteiger partial charge in [-0.05, 0) is 57.2 Å². The number of aryl methyl sites for hydroxylation is 1. The average Bonchev–Trinajstić information content (AvgIpc) is 2.96. The largest absolute Gasteiger partial charge is 0.477 e. The predicted molar refractivity (Wildman–Crippen MR) is 184 cm³/mol. The monoisotopic (exact) mass is 648 g/mol. The number of carbonyl (C=O) groups is 2. The normalized spacial score (nSPS) is 15.2. The molecule has 0 spiro atoms. The van der Waals surface area contributed by atoms with Crippen molar-refractivity contribution in [3.05, 3.63) is 64.5 Å². The first-order valence-corrected chi connectivity index (χ1v) is 16.2. The molecule has 11 heteroatoms. The highest BCUT2D eigenvalue weighted by Gasteiger charge is 2.33. The molecule has 1 aromatic carbocycles. The predicted octanol–water partition coefficient (Wildman–Crippen LogP) is 7.18. The highest BCUT2D eigenvalue weighted by molar-refractivity contribution is 7.99. The minimum Gasteiger partial charge on any atom is -0.477 e. The van der Waals surface area contributed by atoms with Crippen LogP contribution in [0.25, 0.3) is 15.9 Å². The van der Waals surface area contributed by atoms with Gasteiger partial charge in [0.1, 0.15) is 11.5 Å². The lowest BCUT2D eigenvalue weighted by Gasteiger charge is -2.41. The van der Waals surface area contributed by atoms with Gasteiger partial charge in [-0.3, -0.25) is 9.79 Å². The molecule has 4 rings (SSSR count). The smallest absolute Gasteiger partial charge is 0.354 e. The van der Waals surface area contributed by atoms with E-state index < -0.39 is 5.97 Å². The van der Waals surface area contributed by atoms with E-state index in [2.05, 4.69) is 47.9 Å². The zero-order valence-corrected chi connectivity index (χ0v) is 28.7. The van der Waals surface area contributed by atoms with Gasteiger partial charge in [0.05, 0.1) is 33.1 Å². The molecule has 3 heterocycles. The number of benzene rings is 1. The number of fused-ring (bicyclic) bond motifs is 1. The number of carbonyl (C=O) groups excluding carboxylic acids is 1. The molecule has 0 unspecified atom stereocenters. The molecule has 1 fully saturated rings. The van der Waals surface area contributed by atoms with Crippen LogP contribution in [0.4, 0.5) is 5.82 Å². The van der Waals surface area contributed by atoms with Crippen molar-refractivity contribution in [2.24, 2.45) is 16.3 Å². The molecule has 0 aliphatic carbocycles. The molecule has 0 atom stereocenters. The number of halogens is 1. The zero-order valence-electron chi connectivity index (χ0n) is 27.2. The summed E-state index contributed by atoms with van der Waals surface area (Å²) < 4.78 is 0. The number of anilines is 1. The van der Waals surface area contributed by atoms with Gasteiger partial charge in [0.25, 0.3) is 5.91 Å². The van der Waals surface area contributed by atoms with E-state index in [1.54, 1.807) is 13.1 Å². The molecular formula is C34H41ClN6O3S. The third kappa shape index (κ3) is 7.73. The maximum atomic E-state index is 13.1. The first-order chi connectivity index (χ1) is 21.3. The molecule has 1 saturated heterocycles. The van der Waals surface area contributed by atoms with Crippen LogP contribution in [-0.2, 0) is 4.79 Å². The van der Waals surface area contributed by atoms with Crippen molar-refractivity contribution in [3.63, 3.8) is 0 Å². The lowest BCUT2D eigenvalue weighted by molar-refractivity contribution is -0.117. The molecular weight excluding hydrogens is 608 g/mol. The molecule has 1 amide bonds. The molecule has 1 aliphatic heterocycles. The highest BCUT2D eigenvalue weighted by atomic mass is 35.5. The summed E-state index contributed by atoms with van der Waals surface area (Å²) in [5.41, 5.74) is 4.37. The van der Waals surface area contributed by atoms with Crippen molar-refractivity contribution in [2.45, 2.75) is 64.9 Å². The number of aromatic carboxylic acids is 1. The van der Waals surface area contributed by atoms with Crippen LogP contribution < -0.4 is 10.2 Å². The summed E-state index contributed by atoms with van der Waals surface area (Å²) >= 11 is 8.31. The Balaban J connectivity index is 1.56. The Morgan fingerprint density at radius 1 is 1.18 bits per heavy atom. The molecule has 3 aromatic rings. The zero-order chi connectivity index (χ0) is 33.1. The van der Waals surface area contributed by atoms with Crippen LogP contribution >= 0.6 is 23.4 Å². The quantitative estimate of drug-likeness (QED) is 0.135. The standard InChI is InChI=1S/C34H41ClN6O3S/c1-9-19(3)28(35)27-20(4)38-33(45-23-13-11-22-12-14-25(32(43)44)39-26(22)15-23)40-30(27)41-17-21(18-41)16-37-31(42)24(10-2)29(36-8)34(5,6)7/h10-15,21H,9,16-18H2,1-8H3,(H,37,42)(H,43,44)/b24-10+,28-19-,36-29?. The van der Waals surface area contributed by atoms with E-state index in [0.29, 0.717) is 40.9 Å². The number of aliphatic imine (C=N–C) groups is 1. The summed E-state index contributed by atoms with van der Waals surface area (Å²) in [6.07, 6.45) is 2.63. The van der Waals surface area contributed by atoms with Gasteiger partial charge in [0, 0.05) is 48.3 Å². The second kappa shape index (κ2) is 14.1. The number of amides is 1. The molecule has 1 aliphatic rings. The lowest BCUT2D eigenvalue weighted by atomic mass is 9.84. The number of hydrogen-bond donors (Lipinski definition) is 2. The van der Waals surface area contributed by atoms with Crippen molar-refractivity contribution < 1.29 is 14.7 Å². The fourth-order valence-corrected chi connectivity index (χ4v) is 6.44. The van der Waals surface area contributed by atoms with Crippen LogP contribution in [0.2, 0.25) is 0 Å². The van der Waals surface area contributed by atoms with Crippen molar-refractivity contribution in [1.82, 2.24) is 20.3 Å². The summed E-state index contributed by atoms with van der Waals surface area (Å²) in [6, 6.07) is 8.96. The van der Waals surface area contributed by atoms with E-state index in [1.807, 2.05) is 45.0 Å². The summed E-state index contributed by atoms with van der Waals surface area (Å²) in [7, 11) is 1.72. The first kappa shape index (κ1) is 34.1. The van der Waals surface area contributed by atoms with E-state index in [0.717, 1.165) is 45.1 Å². The number of aromatic nitrogens is 3. The Labute approximate surface area is 274 Å². The van der Waals surface area contributed by atoms with E-state index in [4.69, 9.17) is 21.6 Å². The van der Waals surface area contributed by atoms with Gasteiger partial charge in [-0.25, -0.2) is 19.7 Å². The fraction of sp³-hybridized carbons (Fsp3) is 0.412. The molecule has 45 heavy (non-hydrogen) atoms. The van der Waals surface area contributed by atoms with Crippen LogP contribution in [0.3, 0.4) is 0 Å². The fourth-order valence-electron chi connectivity index (χ4n) is 5.26. The molecule has 0 radical (unpaired) electrons. The molecule has 9 nitrogen and oxygen atoms in total. The molecule has 238 valence electrons. The number of nitrogens with zero attached hydrogens (tertiary/aromatic N) is 5. The number of carboxylic acid groups (broad SMARTS) is 1. The van der Waals surface area contributed by atoms with E-state index in [-0.39, 0.29) is 22.9 Å². The second-order valence-corrected chi connectivity index (χ2v) is 13.6. The maximum Gasteiger partial charge on any atom is 0.354 e. The van der Waals surface area contributed by atoms with Crippen LogP contribution in [0.1, 0.15) is 69.7 Å². The Hall–Kier alpha value is -3.76. The summed E-state index contributed by atoms with van der Waals surface area (Å²) in [4.78, 5) is 46.0. The van der Waals surface area contributed by atoms with Crippen LogP contribution in [0, 0.1) is 18.3 Å². The summed E-state index contributed by atoms with van der Waals surface area (Å²) in [6.45, 7) is 16.0. The SMILES string of the molecule is C/C=C(/C(=O)NCC1CN(c2nc(Sc3ccc4ccc(C(=O)O)nc4c3)nc(C)c2/C(Cl)=C(\C)CC)C1)C(=NC)C(C)(C)C. The number of pyridine rings is 1. The Morgan fingerprint density at radius 3 is 2.47 bits per heavy atom. The van der Waals surface area contributed by atoms with Crippen molar-refractivity contribution in [1.29, 1.82) is 0 Å².